The summed E-state index contributed by atoms with van der Waals surface area (Å²) in [5.41, 5.74) is 0. The molecule has 0 rings (SSSR count). The molecule has 19 heteroatoms. The Kier molecular flexibility index (Phi) is 61.6. The number of hydrogen-bond acceptors (Lipinski definition) is 15. The van der Waals surface area contributed by atoms with E-state index in [0.717, 1.165) is 121 Å². The number of phosphoric acid groups is 2. The second kappa shape index (κ2) is 63.3. The van der Waals surface area contributed by atoms with Gasteiger partial charge in [0.1, 0.15) is 19.3 Å². The Morgan fingerprint density at radius 2 is 0.641 bits per heavy atom. The van der Waals surface area contributed by atoms with Crippen LogP contribution in [-0.4, -0.2) is 96.7 Å². The van der Waals surface area contributed by atoms with Crippen LogP contribution in [0.15, 0.2) is 24.3 Å². The summed E-state index contributed by atoms with van der Waals surface area (Å²) in [5, 5.41) is 10.6. The molecule has 0 fully saturated rings. The van der Waals surface area contributed by atoms with Crippen molar-refractivity contribution >= 4 is 39.5 Å². The van der Waals surface area contributed by atoms with Crippen LogP contribution < -0.4 is 0 Å². The summed E-state index contributed by atoms with van der Waals surface area (Å²) in [4.78, 5) is 72.6. The molecule has 17 nitrogen and oxygen atoms in total. The zero-order valence-electron chi connectivity index (χ0n) is 59.5. The third kappa shape index (κ3) is 64.9. The van der Waals surface area contributed by atoms with Crippen molar-refractivity contribution in [3.8, 4) is 0 Å². The first-order chi connectivity index (χ1) is 44.3. The summed E-state index contributed by atoms with van der Waals surface area (Å²) in [6, 6.07) is 0. The van der Waals surface area contributed by atoms with Gasteiger partial charge in [0, 0.05) is 25.7 Å². The normalized spacial score (nSPS) is 14.6. The van der Waals surface area contributed by atoms with Gasteiger partial charge in [-0.05, 0) is 69.1 Å². The molecule has 0 aliphatic carbocycles. The maximum absolute atomic E-state index is 13.0. The second-order valence-electron chi connectivity index (χ2n) is 26.8. The number of carbonyl (C=O) groups excluding carboxylic acids is 4. The average Bonchev–Trinajstić information content (AvgIpc) is 3.21. The molecule has 6 atom stereocenters. The van der Waals surface area contributed by atoms with Gasteiger partial charge in [-0.15, -0.1) is 0 Å². The van der Waals surface area contributed by atoms with E-state index in [1.54, 1.807) is 0 Å². The number of rotatable bonds is 69. The molecule has 0 heterocycles. The van der Waals surface area contributed by atoms with Gasteiger partial charge >= 0.3 is 39.5 Å². The number of aliphatic hydroxyl groups excluding tert-OH is 1. The first-order valence-corrected chi connectivity index (χ1v) is 40.2. The van der Waals surface area contributed by atoms with E-state index >= 15 is 0 Å². The van der Waals surface area contributed by atoms with Crippen LogP contribution in [-0.2, 0) is 65.4 Å². The molecule has 0 aromatic carbocycles. The lowest BCUT2D eigenvalue weighted by molar-refractivity contribution is -0.161. The van der Waals surface area contributed by atoms with E-state index in [2.05, 4.69) is 72.8 Å². The predicted molar refractivity (Wildman–Crippen MR) is 372 cm³/mol. The van der Waals surface area contributed by atoms with Gasteiger partial charge < -0.3 is 33.8 Å². The Hall–Kier alpha value is -2.46. The van der Waals surface area contributed by atoms with E-state index < -0.39 is 97.5 Å². The van der Waals surface area contributed by atoms with Crippen LogP contribution in [0.4, 0.5) is 0 Å². The summed E-state index contributed by atoms with van der Waals surface area (Å²) in [6.45, 7) is 11.7. The maximum Gasteiger partial charge on any atom is 0.472 e. The van der Waals surface area contributed by atoms with E-state index in [1.165, 1.54) is 135 Å². The zero-order chi connectivity index (χ0) is 68.0. The number of ether oxygens (including phenoxy) is 4. The summed E-state index contributed by atoms with van der Waals surface area (Å²) in [5.74, 6) is 0.0792. The van der Waals surface area contributed by atoms with Gasteiger partial charge in [-0.25, -0.2) is 9.13 Å². The van der Waals surface area contributed by atoms with Crippen molar-refractivity contribution in [3.63, 3.8) is 0 Å². The fourth-order valence-corrected chi connectivity index (χ4v) is 12.1. The lowest BCUT2D eigenvalue weighted by Crippen LogP contribution is -2.30. The average molecular weight is 1350 g/mol. The minimum absolute atomic E-state index is 0.0846. The number of esters is 4. The fraction of sp³-hybridized carbons (Fsp3) is 0.890. The van der Waals surface area contributed by atoms with Crippen LogP contribution >= 0.6 is 15.6 Å². The van der Waals surface area contributed by atoms with E-state index in [-0.39, 0.29) is 25.7 Å². The van der Waals surface area contributed by atoms with Crippen LogP contribution in [0.5, 0.6) is 0 Å². The second-order valence-corrected chi connectivity index (χ2v) is 29.7. The number of unbranched alkanes of at least 4 members (excludes halogenated alkanes) is 33. The molecule has 92 heavy (non-hydrogen) atoms. The Balaban J connectivity index is 5.29. The molecule has 0 spiro atoms. The highest BCUT2D eigenvalue weighted by Gasteiger charge is 2.30. The van der Waals surface area contributed by atoms with Crippen molar-refractivity contribution in [2.24, 2.45) is 17.8 Å². The third-order valence-electron chi connectivity index (χ3n) is 16.6. The molecule has 0 bridgehead atoms. The first kappa shape index (κ1) is 89.5. The third-order valence-corrected chi connectivity index (χ3v) is 18.5. The van der Waals surface area contributed by atoms with E-state index in [4.69, 9.17) is 37.0 Å². The van der Waals surface area contributed by atoms with Crippen molar-refractivity contribution in [1.29, 1.82) is 0 Å². The van der Waals surface area contributed by atoms with E-state index in [1.807, 2.05) is 0 Å². The highest BCUT2D eigenvalue weighted by Crippen LogP contribution is 2.45. The Morgan fingerprint density at radius 3 is 0.967 bits per heavy atom. The number of aliphatic hydroxyl groups is 1. The van der Waals surface area contributed by atoms with Crippen molar-refractivity contribution in [2.45, 2.75) is 362 Å². The monoisotopic (exact) mass is 1350 g/mol. The molecule has 0 aliphatic rings. The Labute approximate surface area is 561 Å². The topological polar surface area (TPSA) is 237 Å². The van der Waals surface area contributed by atoms with Crippen molar-refractivity contribution in [1.82, 2.24) is 0 Å². The van der Waals surface area contributed by atoms with E-state index in [9.17, 15) is 43.2 Å². The molecule has 0 saturated heterocycles. The number of carbonyl (C=O) groups is 4. The molecule has 0 aromatic rings. The van der Waals surface area contributed by atoms with Gasteiger partial charge in [0.2, 0.25) is 0 Å². The van der Waals surface area contributed by atoms with Crippen LogP contribution in [0.2, 0.25) is 0 Å². The largest absolute Gasteiger partial charge is 0.472 e. The Bertz CT molecular complexity index is 1900. The molecule has 542 valence electrons. The highest BCUT2D eigenvalue weighted by molar-refractivity contribution is 7.47. The number of hydrogen-bond donors (Lipinski definition) is 3. The molecule has 3 unspecified atom stereocenters. The van der Waals surface area contributed by atoms with Gasteiger partial charge in [-0.2, -0.15) is 0 Å². The Morgan fingerprint density at radius 1 is 0.359 bits per heavy atom. The van der Waals surface area contributed by atoms with Crippen LogP contribution in [0.25, 0.3) is 0 Å². The smallest absolute Gasteiger partial charge is 0.462 e. The standard InChI is InChI=1S/C73H138O17P2/c1-8-10-11-12-13-14-15-16-17-20-24-27-33-42-49-56-72(77)89-68(60-83-70(75)54-47-40-32-26-23-21-18-19-22-25-30-37-44-51-64(3)4)62-87-91(79,80)85-58-67(74)59-86-92(81,82)88-63-69(61-84-71(76)55-48-41-36-35-39-46-53-66(7)9-2)90-73(78)57-50-43-34-29-28-31-38-45-52-65(5)6/h14-17,64-69,74H,8-13,18-63H2,1-7H3,(H,79,80)(H,81,82)/b15-14-,17-16-/t66?,67-,68-,69-/m1/s1. The minimum atomic E-state index is -4.96. The number of phosphoric ester groups is 2. The van der Waals surface area contributed by atoms with Crippen LogP contribution in [0.3, 0.4) is 0 Å². The minimum Gasteiger partial charge on any atom is -0.462 e. The summed E-state index contributed by atoms with van der Waals surface area (Å²) < 4.78 is 68.3. The predicted octanol–water partition coefficient (Wildman–Crippen LogP) is 20.6. The molecule has 0 amide bonds. The van der Waals surface area contributed by atoms with Crippen molar-refractivity contribution in [3.05, 3.63) is 24.3 Å². The first-order valence-electron chi connectivity index (χ1n) is 37.2. The molecule has 0 radical (unpaired) electrons. The van der Waals surface area contributed by atoms with E-state index in [0.29, 0.717) is 31.6 Å². The number of allylic oxidation sites excluding steroid dienone is 4. The summed E-state index contributed by atoms with van der Waals surface area (Å²) in [7, 11) is -9.92. The van der Waals surface area contributed by atoms with Crippen molar-refractivity contribution < 1.29 is 80.2 Å². The molecule has 0 saturated carbocycles. The van der Waals surface area contributed by atoms with Crippen molar-refractivity contribution in [2.75, 3.05) is 39.6 Å². The molecule has 3 N–H and O–H groups in total. The maximum atomic E-state index is 13.0. The van der Waals surface area contributed by atoms with Gasteiger partial charge in [0.15, 0.2) is 12.2 Å². The van der Waals surface area contributed by atoms with Crippen LogP contribution in [0.1, 0.15) is 344 Å². The van der Waals surface area contributed by atoms with Crippen LogP contribution in [0, 0.1) is 17.8 Å². The highest BCUT2D eigenvalue weighted by atomic mass is 31.2. The zero-order valence-corrected chi connectivity index (χ0v) is 61.3. The lowest BCUT2D eigenvalue weighted by atomic mass is 10.00. The summed E-state index contributed by atoms with van der Waals surface area (Å²) in [6.07, 6.45) is 50.8. The molecule has 0 aliphatic heterocycles. The molecule has 0 aromatic heterocycles. The van der Waals surface area contributed by atoms with Gasteiger partial charge in [0.25, 0.3) is 0 Å². The SMILES string of the molecule is CCCCCC/C=C\C=C/CCCCCCCC(=O)O[C@H](COC(=O)CCCCCCCCCCCCCCCC(C)C)COP(=O)(O)OC[C@@H](O)COP(=O)(O)OC[C@@H](COC(=O)CCCCCCCCC(C)CC)OC(=O)CCCCCCCCCCC(C)C. The fourth-order valence-electron chi connectivity index (χ4n) is 10.5. The molecular weight excluding hydrogens is 1210 g/mol. The summed E-state index contributed by atoms with van der Waals surface area (Å²) >= 11 is 0. The molecular formula is C73H138O17P2. The lowest BCUT2D eigenvalue weighted by Gasteiger charge is -2.21. The van der Waals surface area contributed by atoms with Gasteiger partial charge in [-0.3, -0.25) is 37.3 Å². The van der Waals surface area contributed by atoms with Gasteiger partial charge in [-0.1, -0.05) is 291 Å². The quantitative estimate of drug-likeness (QED) is 0.0169. The van der Waals surface area contributed by atoms with Gasteiger partial charge in [0.05, 0.1) is 26.4 Å².